The summed E-state index contributed by atoms with van der Waals surface area (Å²) in [6, 6.07) is 0. The Bertz CT molecular complexity index is 246. The summed E-state index contributed by atoms with van der Waals surface area (Å²) < 4.78 is 0. The van der Waals surface area contributed by atoms with Crippen LogP contribution in [0.4, 0.5) is 0 Å². The summed E-state index contributed by atoms with van der Waals surface area (Å²) in [5.41, 5.74) is -1.58. The lowest BCUT2D eigenvalue weighted by Crippen LogP contribution is -2.54. The fourth-order valence-corrected chi connectivity index (χ4v) is 1.75. The topological polar surface area (TPSA) is 89.8 Å². The van der Waals surface area contributed by atoms with Crippen molar-refractivity contribution in [1.82, 2.24) is 5.32 Å². The van der Waals surface area contributed by atoms with Gasteiger partial charge in [0.25, 0.3) is 5.91 Å². The van der Waals surface area contributed by atoms with Crippen molar-refractivity contribution in [2.75, 3.05) is 6.54 Å². The average Bonchev–Trinajstić information content (AvgIpc) is 2.24. The molecule has 1 fully saturated rings. The fraction of sp³-hybridized carbons (Fsp3) is 0.818. The molecule has 0 aliphatic heterocycles. The molecule has 5 heteroatoms. The first-order valence-electron chi connectivity index (χ1n) is 5.70. The molecule has 3 atom stereocenters. The number of unbranched alkanes of at least 4 members (excludes halogenated alkanes) is 1. The van der Waals surface area contributed by atoms with Gasteiger partial charge in [-0.05, 0) is 19.3 Å². The Hall–Kier alpha value is -0.650. The number of aliphatic hydroxyl groups is 3. The molecule has 1 aliphatic carbocycles. The Morgan fingerprint density at radius 2 is 2.25 bits per heavy atom. The molecule has 0 spiro atoms. The maximum absolute atomic E-state index is 11.7. The van der Waals surface area contributed by atoms with Crippen molar-refractivity contribution >= 4 is 5.91 Å². The summed E-state index contributed by atoms with van der Waals surface area (Å²) in [6.45, 7) is 2.53. The van der Waals surface area contributed by atoms with Gasteiger partial charge >= 0.3 is 0 Å². The monoisotopic (exact) mass is 230 g/mol. The van der Waals surface area contributed by atoms with Gasteiger partial charge in [-0.25, -0.2) is 0 Å². The van der Waals surface area contributed by atoms with E-state index in [0.717, 1.165) is 12.8 Å². The van der Waals surface area contributed by atoms with E-state index in [-0.39, 0.29) is 12.8 Å². The molecule has 0 unspecified atom stereocenters. The predicted molar refractivity (Wildman–Crippen MR) is 58.4 cm³/mol. The van der Waals surface area contributed by atoms with Crippen molar-refractivity contribution in [2.24, 2.45) is 0 Å². The molecule has 1 saturated carbocycles. The van der Waals surface area contributed by atoms with Gasteiger partial charge in [0.15, 0.2) is 0 Å². The molecule has 1 aliphatic rings. The van der Waals surface area contributed by atoms with Crippen LogP contribution in [0.15, 0.2) is 0 Å². The number of hydrogen-bond acceptors (Lipinski definition) is 4. The molecule has 0 saturated heterocycles. The number of rotatable bonds is 4. The summed E-state index contributed by atoms with van der Waals surface area (Å²) in [7, 11) is 0. The zero-order valence-corrected chi connectivity index (χ0v) is 9.52. The first-order valence-corrected chi connectivity index (χ1v) is 5.70. The lowest BCUT2D eigenvalue weighted by atomic mass is 9.81. The van der Waals surface area contributed by atoms with Crippen molar-refractivity contribution in [3.8, 4) is 0 Å². The molecule has 5 nitrogen and oxygen atoms in total. The van der Waals surface area contributed by atoms with E-state index in [4.69, 9.17) is 0 Å². The molecule has 1 radical (unpaired) electrons. The lowest BCUT2D eigenvalue weighted by molar-refractivity contribution is -0.149. The third-order valence-electron chi connectivity index (χ3n) is 2.88. The van der Waals surface area contributed by atoms with E-state index >= 15 is 0 Å². The highest BCUT2D eigenvalue weighted by molar-refractivity contribution is 5.85. The lowest BCUT2D eigenvalue weighted by Gasteiger charge is -2.35. The first-order chi connectivity index (χ1) is 7.49. The number of hydrogen-bond donors (Lipinski definition) is 4. The number of carbonyl (C=O) groups is 1. The van der Waals surface area contributed by atoms with Crippen LogP contribution in [0, 0.1) is 6.42 Å². The summed E-state index contributed by atoms with van der Waals surface area (Å²) in [5, 5.41) is 31.3. The molecular formula is C11H20NO4. The Labute approximate surface area is 95.5 Å². The second-order valence-electron chi connectivity index (χ2n) is 4.34. The van der Waals surface area contributed by atoms with Gasteiger partial charge in [-0.15, -0.1) is 0 Å². The largest absolute Gasteiger partial charge is 0.390 e. The van der Waals surface area contributed by atoms with Gasteiger partial charge in [0, 0.05) is 13.0 Å². The van der Waals surface area contributed by atoms with E-state index in [9.17, 15) is 20.1 Å². The number of carbonyl (C=O) groups excluding carboxylic acids is 1. The van der Waals surface area contributed by atoms with E-state index in [1.165, 1.54) is 6.42 Å². The average molecular weight is 230 g/mol. The SMILES string of the molecule is CCCCNC(=O)[C@]1(O)C[CH][C@@H](O)[C@H](O)C1. The molecular weight excluding hydrogens is 210 g/mol. The van der Waals surface area contributed by atoms with E-state index in [0.29, 0.717) is 6.54 Å². The van der Waals surface area contributed by atoms with E-state index in [2.05, 4.69) is 5.32 Å². The van der Waals surface area contributed by atoms with Crippen LogP contribution < -0.4 is 5.32 Å². The zero-order chi connectivity index (χ0) is 12.2. The minimum absolute atomic E-state index is 0.0726. The second kappa shape index (κ2) is 5.61. The standard InChI is InChI=1S/C11H20NO4/c1-2-3-6-12-10(15)11(16)5-4-8(13)9(14)7-11/h4,8-9,13-14,16H,2-3,5-7H2,1H3,(H,12,15)/t8-,9-,11+/m1/s1. The van der Waals surface area contributed by atoms with Gasteiger partial charge < -0.3 is 20.6 Å². The molecule has 1 rings (SSSR count). The molecule has 1 amide bonds. The van der Waals surface area contributed by atoms with Crippen LogP contribution in [-0.4, -0.2) is 45.6 Å². The van der Waals surface area contributed by atoms with Gasteiger partial charge in [-0.3, -0.25) is 4.79 Å². The first kappa shape index (κ1) is 13.4. The molecule has 0 aromatic rings. The van der Waals surface area contributed by atoms with Crippen LogP contribution in [0.3, 0.4) is 0 Å². The van der Waals surface area contributed by atoms with Crippen molar-refractivity contribution in [3.63, 3.8) is 0 Å². The van der Waals surface area contributed by atoms with E-state index < -0.39 is 23.7 Å². The van der Waals surface area contributed by atoms with Crippen LogP contribution >= 0.6 is 0 Å². The summed E-state index contributed by atoms with van der Waals surface area (Å²) in [5.74, 6) is -0.469. The smallest absolute Gasteiger partial charge is 0.252 e. The third-order valence-corrected chi connectivity index (χ3v) is 2.88. The number of nitrogens with one attached hydrogen (secondary N) is 1. The molecule has 93 valence electrons. The highest BCUT2D eigenvalue weighted by Gasteiger charge is 2.43. The molecule has 4 N–H and O–H groups in total. The summed E-state index contributed by atoms with van der Waals surface area (Å²) in [6.07, 6.45) is 1.11. The number of aliphatic hydroxyl groups excluding tert-OH is 2. The highest BCUT2D eigenvalue weighted by Crippen LogP contribution is 2.28. The molecule has 16 heavy (non-hydrogen) atoms. The van der Waals surface area contributed by atoms with Crippen LogP contribution in [0.2, 0.25) is 0 Å². The quantitative estimate of drug-likeness (QED) is 0.483. The van der Waals surface area contributed by atoms with Crippen molar-refractivity contribution < 1.29 is 20.1 Å². The Balaban J connectivity index is 2.47. The number of amides is 1. The summed E-state index contributed by atoms with van der Waals surface area (Å²) >= 11 is 0. The zero-order valence-electron chi connectivity index (χ0n) is 9.52. The summed E-state index contributed by atoms with van der Waals surface area (Å²) in [4.78, 5) is 11.7. The van der Waals surface area contributed by atoms with Crippen LogP contribution in [0.25, 0.3) is 0 Å². The Morgan fingerprint density at radius 1 is 1.56 bits per heavy atom. The van der Waals surface area contributed by atoms with Crippen molar-refractivity contribution in [1.29, 1.82) is 0 Å². The molecule has 0 aromatic heterocycles. The maximum atomic E-state index is 11.7. The highest BCUT2D eigenvalue weighted by atomic mass is 16.3. The normalized spacial score (nSPS) is 34.8. The van der Waals surface area contributed by atoms with Gasteiger partial charge in [0.2, 0.25) is 0 Å². The van der Waals surface area contributed by atoms with Crippen molar-refractivity contribution in [2.45, 2.75) is 50.4 Å². The predicted octanol–water partition coefficient (Wildman–Crippen LogP) is -0.646. The Kier molecular flexibility index (Phi) is 4.70. The van der Waals surface area contributed by atoms with Gasteiger partial charge in [0.1, 0.15) is 5.60 Å². The Morgan fingerprint density at radius 3 is 2.81 bits per heavy atom. The van der Waals surface area contributed by atoms with Crippen molar-refractivity contribution in [3.05, 3.63) is 6.42 Å². The van der Waals surface area contributed by atoms with E-state index in [1.54, 1.807) is 0 Å². The van der Waals surface area contributed by atoms with Gasteiger partial charge in [0.05, 0.1) is 12.2 Å². The van der Waals surface area contributed by atoms with Crippen LogP contribution in [0.5, 0.6) is 0 Å². The second-order valence-corrected chi connectivity index (χ2v) is 4.34. The third kappa shape index (κ3) is 3.17. The molecule has 0 aromatic carbocycles. The minimum atomic E-state index is -1.58. The maximum Gasteiger partial charge on any atom is 0.252 e. The fourth-order valence-electron chi connectivity index (χ4n) is 1.75. The van der Waals surface area contributed by atoms with Crippen LogP contribution in [0.1, 0.15) is 32.6 Å². The van der Waals surface area contributed by atoms with Gasteiger partial charge in [-0.1, -0.05) is 13.3 Å². The van der Waals surface area contributed by atoms with Gasteiger partial charge in [-0.2, -0.15) is 0 Å². The molecule has 0 heterocycles. The van der Waals surface area contributed by atoms with Crippen LogP contribution in [-0.2, 0) is 4.79 Å². The van der Waals surface area contributed by atoms with E-state index in [1.807, 2.05) is 6.92 Å². The molecule has 0 bridgehead atoms. The minimum Gasteiger partial charge on any atom is -0.390 e.